The number of carboxylic acid groups (broad SMARTS) is 2. The number of aliphatic carboxylic acids is 2. The van der Waals surface area contributed by atoms with Gasteiger partial charge in [-0.1, -0.05) is 23.2 Å². The number of Topliss-reactive ketones (excluding diaryl/α,β-unsaturated/α-hetero) is 2. The summed E-state index contributed by atoms with van der Waals surface area (Å²) in [7, 11) is 0. The second-order valence-electron chi connectivity index (χ2n) is 11.5. The molecule has 0 radical (unpaired) electrons. The molecular weight excluding hydrogens is 805 g/mol. The number of alkyl halides is 6. The molecule has 0 saturated heterocycles. The maximum Gasteiger partial charge on any atom is 0.490 e. The third-order valence-corrected chi connectivity index (χ3v) is 7.73. The quantitative estimate of drug-likeness (QED) is 0.0298. The molecule has 4 aromatic rings. The molecule has 2 aromatic heterocycles. The van der Waals surface area contributed by atoms with Gasteiger partial charge >= 0.3 is 24.3 Å². The molecule has 4 rings (SSSR count). The van der Waals surface area contributed by atoms with Crippen molar-refractivity contribution in [1.29, 1.82) is 0 Å². The molecule has 14 nitrogen and oxygen atoms in total. The average molecular weight is 842 g/mol. The molecule has 0 fully saturated rings. The number of carboxylic acids is 2. The molecule has 0 bridgehead atoms. The number of carbonyl (C=O) groups is 6. The standard InChI is InChI=1S/C30H34Cl2N6O4.2C2HF3O2/c31-19-5-7-25-21(15-19)23(17-37-25)27(39)29(41)35-13-3-11-33-9-1-2-10-34-12-4-14-36-30(42)28(40)24-18-38-26-8-6-20(32)16-22(24)26;2*3-2(4,5)1(6)7/h5-8,15-18,33-34,37-38H,1-4,9-14H2,(H,35,41)(H,36,42);2*(H,6,7). The Bertz CT molecular complexity index is 1840. The molecule has 0 aliphatic rings. The molecule has 56 heavy (non-hydrogen) atoms. The first-order chi connectivity index (χ1) is 26.2. The summed E-state index contributed by atoms with van der Waals surface area (Å²) in [5, 5.41) is 28.5. The predicted octanol–water partition coefficient (Wildman–Crippen LogP) is 5.26. The van der Waals surface area contributed by atoms with Gasteiger partial charge in [-0.25, -0.2) is 9.59 Å². The normalized spacial score (nSPS) is 11.2. The van der Waals surface area contributed by atoms with Crippen molar-refractivity contribution >= 4 is 80.3 Å². The van der Waals surface area contributed by atoms with Crippen LogP contribution in [0.1, 0.15) is 46.4 Å². The Labute approximate surface area is 323 Å². The van der Waals surface area contributed by atoms with E-state index in [0.29, 0.717) is 57.9 Å². The molecule has 8 N–H and O–H groups in total. The summed E-state index contributed by atoms with van der Waals surface area (Å²) >= 11 is 12.0. The number of fused-ring (bicyclic) bond motifs is 2. The van der Waals surface area contributed by atoms with Crippen molar-refractivity contribution in [1.82, 2.24) is 31.2 Å². The molecule has 2 heterocycles. The summed E-state index contributed by atoms with van der Waals surface area (Å²) in [5.41, 5.74) is 2.12. The molecule has 0 aliphatic carbocycles. The van der Waals surface area contributed by atoms with E-state index in [-0.39, 0.29) is 0 Å². The molecule has 22 heteroatoms. The first-order valence-corrected chi connectivity index (χ1v) is 17.2. The number of halogens is 8. The lowest BCUT2D eigenvalue weighted by Gasteiger charge is -2.08. The lowest BCUT2D eigenvalue weighted by molar-refractivity contribution is -0.193. The van der Waals surface area contributed by atoms with E-state index < -0.39 is 47.7 Å². The Balaban J connectivity index is 0.000000657. The van der Waals surface area contributed by atoms with E-state index in [1.54, 1.807) is 36.4 Å². The second-order valence-corrected chi connectivity index (χ2v) is 12.3. The monoisotopic (exact) mass is 840 g/mol. The van der Waals surface area contributed by atoms with Crippen molar-refractivity contribution in [2.45, 2.75) is 38.0 Å². The van der Waals surface area contributed by atoms with Crippen LogP contribution in [0, 0.1) is 0 Å². The topological polar surface area (TPSA) is 223 Å². The van der Waals surface area contributed by atoms with Crippen molar-refractivity contribution in [3.8, 4) is 0 Å². The molecule has 0 spiro atoms. The number of unbranched alkanes of at least 4 members (excludes halogenated alkanes) is 1. The molecule has 2 aromatic carbocycles. The van der Waals surface area contributed by atoms with Crippen molar-refractivity contribution < 1.29 is 65.3 Å². The van der Waals surface area contributed by atoms with Crippen molar-refractivity contribution in [3.63, 3.8) is 0 Å². The lowest BCUT2D eigenvalue weighted by Crippen LogP contribution is -2.33. The Hall–Kier alpha value is -5.18. The van der Waals surface area contributed by atoms with Crippen LogP contribution in [0.2, 0.25) is 10.0 Å². The zero-order valence-corrected chi connectivity index (χ0v) is 30.6. The number of benzene rings is 2. The number of hydrogen-bond acceptors (Lipinski definition) is 8. The number of hydrogen-bond donors (Lipinski definition) is 8. The number of ketones is 2. The summed E-state index contributed by atoms with van der Waals surface area (Å²) in [6.45, 7) is 3.97. The van der Waals surface area contributed by atoms with Gasteiger partial charge in [0.15, 0.2) is 0 Å². The summed E-state index contributed by atoms with van der Waals surface area (Å²) in [6.07, 6.45) is -3.71. The van der Waals surface area contributed by atoms with E-state index in [2.05, 4.69) is 31.2 Å². The van der Waals surface area contributed by atoms with Gasteiger partial charge in [0.25, 0.3) is 23.4 Å². The summed E-state index contributed by atoms with van der Waals surface area (Å²) in [5.74, 6) is -7.95. The van der Waals surface area contributed by atoms with Crippen molar-refractivity contribution in [2.75, 3.05) is 39.3 Å². The molecule has 0 unspecified atom stereocenters. The smallest absolute Gasteiger partial charge is 0.475 e. The highest BCUT2D eigenvalue weighted by molar-refractivity contribution is 6.45. The van der Waals surface area contributed by atoms with Crippen molar-refractivity contribution in [3.05, 3.63) is 70.0 Å². The summed E-state index contributed by atoms with van der Waals surface area (Å²) in [4.78, 5) is 73.3. The first-order valence-electron chi connectivity index (χ1n) is 16.4. The summed E-state index contributed by atoms with van der Waals surface area (Å²) in [6, 6.07) is 10.3. The van der Waals surface area contributed by atoms with E-state index in [1.165, 1.54) is 12.4 Å². The number of aromatic amines is 2. The van der Waals surface area contributed by atoms with Gasteiger partial charge in [-0.2, -0.15) is 26.3 Å². The minimum atomic E-state index is -5.08. The van der Waals surface area contributed by atoms with Crippen LogP contribution < -0.4 is 21.3 Å². The van der Waals surface area contributed by atoms with E-state index in [1.807, 2.05) is 0 Å². The number of amides is 2. The molecule has 0 aliphatic heterocycles. The zero-order chi connectivity index (χ0) is 42.1. The van der Waals surface area contributed by atoms with Gasteiger partial charge < -0.3 is 41.4 Å². The van der Waals surface area contributed by atoms with E-state index >= 15 is 0 Å². The third kappa shape index (κ3) is 15.9. The number of aromatic nitrogens is 2. The number of carbonyl (C=O) groups excluding carboxylic acids is 4. The Morgan fingerprint density at radius 1 is 0.554 bits per heavy atom. The highest BCUT2D eigenvalue weighted by atomic mass is 35.5. The average Bonchev–Trinajstić information content (AvgIpc) is 3.74. The van der Waals surface area contributed by atoms with E-state index in [0.717, 1.165) is 50.1 Å². The van der Waals surface area contributed by atoms with Crippen LogP contribution in [0.15, 0.2) is 48.8 Å². The fourth-order valence-electron chi connectivity index (χ4n) is 4.55. The van der Waals surface area contributed by atoms with Crippen LogP contribution in [0.4, 0.5) is 26.3 Å². The first kappa shape index (κ1) is 47.0. The van der Waals surface area contributed by atoms with Gasteiger partial charge in [0.05, 0.1) is 11.1 Å². The zero-order valence-electron chi connectivity index (χ0n) is 29.1. The summed E-state index contributed by atoms with van der Waals surface area (Å²) < 4.78 is 63.5. The fraction of sp³-hybridized carbons (Fsp3) is 0.353. The van der Waals surface area contributed by atoms with Crippen LogP contribution in [0.3, 0.4) is 0 Å². The van der Waals surface area contributed by atoms with Gasteiger partial charge in [0.2, 0.25) is 0 Å². The Kier molecular flexibility index (Phi) is 18.8. The van der Waals surface area contributed by atoms with Crippen LogP contribution in [-0.4, -0.2) is 107 Å². The van der Waals surface area contributed by atoms with E-state index in [9.17, 15) is 45.5 Å². The number of rotatable bonds is 17. The molecule has 2 amide bonds. The van der Waals surface area contributed by atoms with Gasteiger partial charge in [-0.3, -0.25) is 19.2 Å². The maximum absolute atomic E-state index is 12.5. The predicted molar refractivity (Wildman–Crippen MR) is 193 cm³/mol. The Morgan fingerprint density at radius 3 is 1.20 bits per heavy atom. The lowest BCUT2D eigenvalue weighted by atomic mass is 10.1. The van der Waals surface area contributed by atoms with Crippen LogP contribution in [0.5, 0.6) is 0 Å². The molecule has 0 saturated carbocycles. The fourth-order valence-corrected chi connectivity index (χ4v) is 4.89. The highest BCUT2D eigenvalue weighted by Gasteiger charge is 2.39. The Morgan fingerprint density at radius 2 is 0.875 bits per heavy atom. The van der Waals surface area contributed by atoms with Crippen LogP contribution in [-0.2, 0) is 19.2 Å². The molecule has 0 atom stereocenters. The van der Waals surface area contributed by atoms with Crippen LogP contribution >= 0.6 is 23.2 Å². The van der Waals surface area contributed by atoms with E-state index in [4.69, 9.17) is 43.0 Å². The number of nitrogens with one attached hydrogen (secondary N) is 6. The molecule has 306 valence electrons. The maximum atomic E-state index is 12.5. The van der Waals surface area contributed by atoms with Gasteiger partial charge in [0, 0.05) is 57.3 Å². The van der Waals surface area contributed by atoms with Gasteiger partial charge in [-0.15, -0.1) is 0 Å². The minimum Gasteiger partial charge on any atom is -0.475 e. The second kappa shape index (κ2) is 22.4. The van der Waals surface area contributed by atoms with Crippen LogP contribution in [0.25, 0.3) is 21.8 Å². The largest absolute Gasteiger partial charge is 0.490 e. The SMILES string of the molecule is O=C(NCCCNCCCCNCCCNC(=O)C(=O)c1c[nH]c2ccc(Cl)cc12)C(=O)c1c[nH]c2ccc(Cl)cc12.O=C(O)C(F)(F)F.O=C(O)C(F)(F)F. The minimum absolute atomic E-state index is 0.309. The third-order valence-electron chi connectivity index (χ3n) is 7.26. The van der Waals surface area contributed by atoms with Gasteiger partial charge in [-0.05, 0) is 88.3 Å². The highest BCUT2D eigenvalue weighted by Crippen LogP contribution is 2.24. The van der Waals surface area contributed by atoms with Crippen molar-refractivity contribution in [2.24, 2.45) is 0 Å². The van der Waals surface area contributed by atoms with Gasteiger partial charge in [0.1, 0.15) is 0 Å². The molecular formula is C34H36Cl2F6N6O8. The number of H-pyrrole nitrogens is 2.